The molecule has 2 unspecified atom stereocenters. The lowest BCUT2D eigenvalue weighted by Gasteiger charge is -2.58. The highest BCUT2D eigenvalue weighted by molar-refractivity contribution is 7.29. The van der Waals surface area contributed by atoms with Crippen LogP contribution in [-0.2, 0) is 9.47 Å². The van der Waals surface area contributed by atoms with E-state index < -0.39 is 12.2 Å². The SMILES string of the molecule is CC(C)CCC[C@@H](C)[C@H]1CC[C@H]2[C@@H]3CC=C4CC(OC(=O)NCCNC(=O)c5ccc(-c6ccc(-c7ccc(-c8ccc(C(=O)NCCNC(=O)OC9CC[C@@]%10(C)C(=CC[C@H]%11[C@@H]%12CC[C@H]([C@H](C)CCCC(C)C)[C@@]%12(C)CC[C@@H]%11%10)C9)s8)s7)s6)s5)CC[C@]4(C)[C@H]3CC[C@]12C. The Labute approximate surface area is 567 Å². The molecule has 0 spiro atoms. The Kier molecular flexibility index (Phi) is 20.9. The lowest BCUT2D eigenvalue weighted by molar-refractivity contribution is -0.0581. The van der Waals surface area contributed by atoms with Crippen molar-refractivity contribution in [3.05, 3.63) is 81.6 Å². The Hall–Kier alpha value is -4.24. The molecule has 92 heavy (non-hydrogen) atoms. The van der Waals surface area contributed by atoms with Crippen LogP contribution in [-0.4, -0.2) is 62.4 Å². The molecule has 0 aromatic carbocycles. The molecule has 0 radical (unpaired) electrons. The maximum Gasteiger partial charge on any atom is 0.407 e. The number of nitrogens with one attached hydrogen (secondary N) is 4. The quantitative estimate of drug-likeness (QED) is 0.0432. The number of alkyl carbamates (subject to hydrolysis) is 2. The second-order valence-corrected chi connectivity index (χ2v) is 36.5. The van der Waals surface area contributed by atoms with Gasteiger partial charge in [-0.15, -0.1) is 45.3 Å². The van der Waals surface area contributed by atoms with E-state index in [2.05, 4.69) is 127 Å². The number of fused-ring (bicyclic) bond motifs is 10. The summed E-state index contributed by atoms with van der Waals surface area (Å²) < 4.78 is 12.1. The molecule has 8 aliphatic carbocycles. The fraction of sp³-hybridized carbons (Fsp3) is 0.692. The molecule has 16 atom stereocenters. The molecule has 4 heterocycles. The molecule has 0 aliphatic heterocycles. The minimum absolute atomic E-state index is 0.114. The third-order valence-electron chi connectivity index (χ3n) is 26.0. The Morgan fingerprint density at radius 1 is 0.446 bits per heavy atom. The van der Waals surface area contributed by atoms with Crippen molar-refractivity contribution in [1.29, 1.82) is 0 Å². The molecular weight excluding hydrogens is 1220 g/mol. The first kappa shape index (κ1) is 67.7. The van der Waals surface area contributed by atoms with E-state index in [0.717, 1.165) is 139 Å². The normalized spacial score (nSPS) is 32.8. The van der Waals surface area contributed by atoms with Gasteiger partial charge in [-0.25, -0.2) is 9.59 Å². The highest BCUT2D eigenvalue weighted by Gasteiger charge is 2.61. The minimum Gasteiger partial charge on any atom is -0.446 e. The van der Waals surface area contributed by atoms with E-state index >= 15 is 0 Å². The Bertz CT molecular complexity index is 3100. The second kappa shape index (κ2) is 28.5. The van der Waals surface area contributed by atoms with Gasteiger partial charge in [0.05, 0.1) is 9.75 Å². The van der Waals surface area contributed by atoms with Gasteiger partial charge in [0.2, 0.25) is 0 Å². The van der Waals surface area contributed by atoms with Crippen molar-refractivity contribution in [1.82, 2.24) is 21.3 Å². The first-order valence-corrected chi connectivity index (χ1v) is 39.6. The average molecular weight is 1330 g/mol. The van der Waals surface area contributed by atoms with Gasteiger partial charge in [-0.2, -0.15) is 0 Å². The van der Waals surface area contributed by atoms with E-state index in [9.17, 15) is 19.2 Å². The first-order valence-electron chi connectivity index (χ1n) is 36.4. The smallest absolute Gasteiger partial charge is 0.407 e. The number of ether oxygens (including phenoxy) is 2. The molecule has 4 aromatic heterocycles. The summed E-state index contributed by atoms with van der Waals surface area (Å²) >= 11 is 6.32. The third-order valence-corrected chi connectivity index (χ3v) is 31.0. The molecule has 14 heteroatoms. The van der Waals surface area contributed by atoms with Gasteiger partial charge >= 0.3 is 12.2 Å². The van der Waals surface area contributed by atoms with Crippen LogP contribution in [0, 0.1) is 92.7 Å². The van der Waals surface area contributed by atoms with Gasteiger partial charge in [-0.1, -0.05) is 131 Å². The monoisotopic (exact) mass is 1330 g/mol. The number of amides is 4. The average Bonchev–Trinajstić information content (AvgIpc) is 1.36. The highest BCUT2D eigenvalue weighted by Crippen LogP contribution is 2.69. The third kappa shape index (κ3) is 14.0. The summed E-state index contributed by atoms with van der Waals surface area (Å²) in [6, 6.07) is 16.2. The second-order valence-electron chi connectivity index (χ2n) is 32.1. The van der Waals surface area contributed by atoms with Crippen LogP contribution in [0.25, 0.3) is 29.3 Å². The van der Waals surface area contributed by atoms with E-state index in [1.807, 2.05) is 24.3 Å². The molecule has 4 aromatic rings. The fourth-order valence-electron chi connectivity index (χ4n) is 21.1. The van der Waals surface area contributed by atoms with E-state index in [0.29, 0.717) is 46.8 Å². The van der Waals surface area contributed by atoms with E-state index in [-0.39, 0.29) is 34.9 Å². The van der Waals surface area contributed by atoms with Gasteiger partial charge in [0.15, 0.2) is 0 Å². The zero-order chi connectivity index (χ0) is 64.7. The van der Waals surface area contributed by atoms with Gasteiger partial charge in [0, 0.05) is 68.3 Å². The zero-order valence-electron chi connectivity index (χ0n) is 57.3. The topological polar surface area (TPSA) is 135 Å². The lowest BCUT2D eigenvalue weighted by atomic mass is 9.47. The van der Waals surface area contributed by atoms with Crippen LogP contribution in [0.4, 0.5) is 9.59 Å². The molecule has 0 bridgehead atoms. The largest absolute Gasteiger partial charge is 0.446 e. The van der Waals surface area contributed by atoms with Crippen LogP contribution in [0.1, 0.15) is 230 Å². The first-order chi connectivity index (χ1) is 44.1. The highest BCUT2D eigenvalue weighted by atomic mass is 32.1. The number of carbonyl (C=O) groups excluding carboxylic acids is 4. The van der Waals surface area contributed by atoms with Crippen molar-refractivity contribution in [2.75, 3.05) is 26.2 Å². The van der Waals surface area contributed by atoms with Crippen molar-refractivity contribution in [2.45, 2.75) is 223 Å². The molecule has 4 N–H and O–H groups in total. The van der Waals surface area contributed by atoms with Crippen LogP contribution >= 0.6 is 45.3 Å². The number of thiophene rings is 4. The fourth-order valence-corrected chi connectivity index (χ4v) is 25.3. The summed E-state index contributed by atoms with van der Waals surface area (Å²) in [5, 5.41) is 11.8. The van der Waals surface area contributed by atoms with Crippen molar-refractivity contribution >= 4 is 69.3 Å². The minimum atomic E-state index is -0.403. The van der Waals surface area contributed by atoms with Crippen molar-refractivity contribution in [2.24, 2.45) is 92.7 Å². The molecule has 4 amide bonds. The van der Waals surface area contributed by atoms with Gasteiger partial charge in [-0.05, 0) is 231 Å². The molecule has 6 saturated carbocycles. The molecule has 502 valence electrons. The van der Waals surface area contributed by atoms with Crippen LogP contribution < -0.4 is 21.3 Å². The molecule has 0 saturated heterocycles. The maximum atomic E-state index is 13.3. The van der Waals surface area contributed by atoms with E-state index in [1.165, 1.54) is 137 Å². The van der Waals surface area contributed by atoms with Crippen molar-refractivity contribution in [3.8, 4) is 29.3 Å². The Balaban J connectivity index is 0.538. The van der Waals surface area contributed by atoms with Crippen LogP contribution in [0.5, 0.6) is 0 Å². The van der Waals surface area contributed by atoms with E-state index in [1.54, 1.807) is 22.7 Å². The predicted octanol–water partition coefficient (Wildman–Crippen LogP) is 20.7. The molecule has 6 fully saturated rings. The van der Waals surface area contributed by atoms with Crippen molar-refractivity contribution < 1.29 is 28.7 Å². The lowest BCUT2D eigenvalue weighted by Crippen LogP contribution is -2.51. The number of allylic oxidation sites excluding steroid dienone is 2. The van der Waals surface area contributed by atoms with Gasteiger partial charge in [0.1, 0.15) is 12.2 Å². The Morgan fingerprint density at radius 3 is 1.21 bits per heavy atom. The Morgan fingerprint density at radius 2 is 0.815 bits per heavy atom. The standard InChI is InChI=1S/C78H110N4O6S4/c1-47(2)13-11-15-49(5)57-21-23-59-55-19-17-51-45-53(33-37-75(51,7)61(55)35-39-77(57,59)9)87-73(85)81-43-41-79-71(83)69-31-29-67(91-69)65-27-25-63(89-65)64-26-28-66(90-64)68-30-32-70(92-68)72(84)80-42-44-82-74(86)88-54-34-38-76(8)52(46-54)18-20-56-60-24-22-58(50(6)16-12-14-48(3)4)78(60,10)40-36-62(56)76/h17-18,25-32,47-50,53-62H,11-16,19-24,33-46H2,1-10H3,(H,79,83)(H,80,84)(H,81,85)(H,82,86)/t49-,50-,53?,54?,55+,56+,57-,58-,59+,60+,61+,62+,75+,76+,77-,78-/m1/s1. The number of hydrogen-bond donors (Lipinski definition) is 4. The molecule has 10 nitrogen and oxygen atoms in total. The number of carbonyl (C=O) groups is 4. The summed E-state index contributed by atoms with van der Waals surface area (Å²) in [4.78, 5) is 60.6. The van der Waals surface area contributed by atoms with Gasteiger partial charge in [-0.3, -0.25) is 9.59 Å². The molecule has 12 rings (SSSR count). The summed E-state index contributed by atoms with van der Waals surface area (Å²) in [6.45, 7) is 26.2. The van der Waals surface area contributed by atoms with Crippen LogP contribution in [0.2, 0.25) is 0 Å². The zero-order valence-corrected chi connectivity index (χ0v) is 60.6. The van der Waals surface area contributed by atoms with Crippen LogP contribution in [0.15, 0.2) is 71.8 Å². The maximum absolute atomic E-state index is 13.3. The molecule has 8 aliphatic rings. The molecular formula is C78H110N4O6S4. The summed E-state index contributed by atoms with van der Waals surface area (Å²) in [7, 11) is 0. The van der Waals surface area contributed by atoms with Gasteiger partial charge < -0.3 is 30.7 Å². The number of hydrogen-bond acceptors (Lipinski definition) is 10. The summed E-state index contributed by atoms with van der Waals surface area (Å²) in [5.74, 6) is 9.33. The van der Waals surface area contributed by atoms with Crippen LogP contribution in [0.3, 0.4) is 0 Å². The van der Waals surface area contributed by atoms with E-state index in [4.69, 9.17) is 9.47 Å². The van der Waals surface area contributed by atoms with Gasteiger partial charge in [0.25, 0.3) is 11.8 Å². The summed E-state index contributed by atoms with van der Waals surface area (Å²) in [6.07, 6.45) is 31.4. The predicted molar refractivity (Wildman–Crippen MR) is 382 cm³/mol. The van der Waals surface area contributed by atoms with Crippen molar-refractivity contribution in [3.63, 3.8) is 0 Å². The summed E-state index contributed by atoms with van der Waals surface area (Å²) in [5.41, 5.74) is 4.41. The number of rotatable bonds is 23.